The molecule has 1 aliphatic rings. The molecular weight excluding hydrogens is 479 g/mol. The first kappa shape index (κ1) is 24.9. The molecule has 0 amide bonds. The summed E-state index contributed by atoms with van der Waals surface area (Å²) >= 11 is 0. The molecule has 1 fully saturated rings. The summed E-state index contributed by atoms with van der Waals surface area (Å²) in [5, 5.41) is 3.40. The lowest BCUT2D eigenvalue weighted by molar-refractivity contribution is 0.262. The van der Waals surface area contributed by atoms with E-state index in [9.17, 15) is 4.57 Å². The highest BCUT2D eigenvalue weighted by Gasteiger charge is 2.52. The lowest BCUT2D eigenvalue weighted by atomic mass is 10.2. The smallest absolute Gasteiger partial charge is 0.289 e. The minimum absolute atomic E-state index is 0.608. The second-order valence-corrected chi connectivity index (χ2v) is 15.9. The Labute approximate surface area is 215 Å². The first-order chi connectivity index (χ1) is 17.5. The number of hydrogen-bond donors (Lipinski definition) is 0. The molecule has 1 heterocycles. The van der Waals surface area contributed by atoms with Crippen LogP contribution in [0.5, 0.6) is 0 Å². The zero-order chi connectivity index (χ0) is 25.2. The average molecular weight is 513 g/mol. The highest BCUT2D eigenvalue weighted by molar-refractivity contribution is 7.59. The highest BCUT2D eigenvalue weighted by Crippen LogP contribution is 2.66. The van der Waals surface area contributed by atoms with Gasteiger partial charge in [-0.2, -0.15) is 0 Å². The molecule has 36 heavy (non-hydrogen) atoms. The Morgan fingerprint density at radius 1 is 0.667 bits per heavy atom. The van der Waals surface area contributed by atoms with Crippen LogP contribution in [0, 0.1) is 6.92 Å². The third-order valence-electron chi connectivity index (χ3n) is 7.22. The maximum Gasteiger partial charge on any atom is 0.289 e. The Hall–Kier alpha value is -2.79. The van der Waals surface area contributed by atoms with Gasteiger partial charge >= 0.3 is 0 Å². The molecule has 0 aliphatic carbocycles. The second kappa shape index (κ2) is 10.3. The molecule has 0 aromatic heterocycles. The van der Waals surface area contributed by atoms with Crippen molar-refractivity contribution in [1.29, 1.82) is 0 Å². The molecule has 0 radical (unpaired) electrons. The SMILES string of the molecule is Cc1ccc(C(O[Si](c2ccccc2)(c2ccccc2)c2ccccc2)P2(=O)N(C)CCN2C)cc1. The van der Waals surface area contributed by atoms with Crippen LogP contribution in [0.25, 0.3) is 0 Å². The van der Waals surface area contributed by atoms with Crippen LogP contribution in [-0.4, -0.2) is 44.8 Å². The molecule has 1 aliphatic heterocycles. The number of hydrogen-bond acceptors (Lipinski definition) is 2. The van der Waals surface area contributed by atoms with Gasteiger partial charge in [-0.25, -0.2) is 9.34 Å². The van der Waals surface area contributed by atoms with Gasteiger partial charge in [0.05, 0.1) is 0 Å². The van der Waals surface area contributed by atoms with Gasteiger partial charge in [-0.15, -0.1) is 0 Å². The molecule has 0 N–H and O–H groups in total. The lowest BCUT2D eigenvalue weighted by Crippen LogP contribution is -2.69. The van der Waals surface area contributed by atoms with E-state index >= 15 is 0 Å². The van der Waals surface area contributed by atoms with Crippen molar-refractivity contribution < 1.29 is 8.99 Å². The van der Waals surface area contributed by atoms with Gasteiger partial charge in [0, 0.05) is 13.1 Å². The second-order valence-electron chi connectivity index (χ2n) is 9.51. The van der Waals surface area contributed by atoms with E-state index in [-0.39, 0.29) is 0 Å². The van der Waals surface area contributed by atoms with Gasteiger partial charge in [-0.1, -0.05) is 121 Å². The van der Waals surface area contributed by atoms with E-state index in [1.54, 1.807) is 0 Å². The van der Waals surface area contributed by atoms with E-state index < -0.39 is 21.6 Å². The number of rotatable bonds is 7. The van der Waals surface area contributed by atoms with Gasteiger partial charge < -0.3 is 4.43 Å². The topological polar surface area (TPSA) is 32.8 Å². The van der Waals surface area contributed by atoms with Crippen molar-refractivity contribution in [3.63, 3.8) is 0 Å². The summed E-state index contributed by atoms with van der Waals surface area (Å²) in [5.74, 6) is -0.608. The number of likely N-dealkylation sites (N-methyl/N-ethyl adjacent to an activating group) is 2. The molecule has 4 aromatic carbocycles. The number of nitrogens with zero attached hydrogens (tertiary/aromatic N) is 2. The van der Waals surface area contributed by atoms with Crippen LogP contribution >= 0.6 is 7.44 Å². The monoisotopic (exact) mass is 512 g/mol. The van der Waals surface area contributed by atoms with Gasteiger partial charge in [0.1, 0.15) is 0 Å². The minimum Gasteiger partial charge on any atom is -0.388 e. The Balaban J connectivity index is 1.80. The van der Waals surface area contributed by atoms with Crippen molar-refractivity contribution in [3.8, 4) is 0 Å². The van der Waals surface area contributed by atoms with E-state index in [1.165, 1.54) is 5.56 Å². The Morgan fingerprint density at radius 2 is 1.06 bits per heavy atom. The molecule has 1 saturated heterocycles. The predicted molar refractivity (Wildman–Crippen MR) is 152 cm³/mol. The minimum atomic E-state index is -3.08. The molecule has 0 saturated carbocycles. The quantitative estimate of drug-likeness (QED) is 0.203. The van der Waals surface area contributed by atoms with Crippen LogP contribution in [0.15, 0.2) is 115 Å². The van der Waals surface area contributed by atoms with Crippen LogP contribution in [0.2, 0.25) is 0 Å². The molecule has 5 rings (SSSR count). The first-order valence-electron chi connectivity index (χ1n) is 12.4. The molecule has 0 bridgehead atoms. The van der Waals surface area contributed by atoms with Gasteiger partial charge in [0.15, 0.2) is 5.85 Å². The predicted octanol–water partition coefficient (Wildman–Crippen LogP) is 4.75. The molecule has 4 nitrogen and oxygen atoms in total. The van der Waals surface area contributed by atoms with E-state index in [2.05, 4.69) is 104 Å². The normalized spacial score (nSPS) is 17.2. The van der Waals surface area contributed by atoms with Gasteiger partial charge in [-0.3, -0.25) is 4.57 Å². The molecule has 0 spiro atoms. The molecule has 184 valence electrons. The fraction of sp³-hybridized carbons (Fsp3) is 0.200. The third-order valence-corrected chi connectivity index (χ3v) is 14.8. The van der Waals surface area contributed by atoms with Gasteiger partial charge in [-0.05, 0) is 42.1 Å². The summed E-state index contributed by atoms with van der Waals surface area (Å²) in [6.45, 7) is 3.57. The summed E-state index contributed by atoms with van der Waals surface area (Å²) in [4.78, 5) is 0. The van der Waals surface area contributed by atoms with Crippen molar-refractivity contribution in [3.05, 3.63) is 126 Å². The number of aryl methyl sites for hydroxylation is 1. The van der Waals surface area contributed by atoms with E-state index in [0.717, 1.165) is 34.2 Å². The molecular formula is C30H33N2O2PSi. The summed E-state index contributed by atoms with van der Waals surface area (Å²) in [6, 6.07) is 39.9. The van der Waals surface area contributed by atoms with Gasteiger partial charge in [0.2, 0.25) is 7.44 Å². The Kier molecular flexibility index (Phi) is 7.11. The summed E-state index contributed by atoms with van der Waals surface area (Å²) in [5.41, 5.74) is 2.12. The van der Waals surface area contributed by atoms with E-state index in [0.29, 0.717) is 0 Å². The zero-order valence-electron chi connectivity index (χ0n) is 21.1. The lowest BCUT2D eigenvalue weighted by Gasteiger charge is -2.41. The van der Waals surface area contributed by atoms with Crippen molar-refractivity contribution in [2.24, 2.45) is 0 Å². The molecule has 1 unspecified atom stereocenters. The van der Waals surface area contributed by atoms with Crippen molar-refractivity contribution >= 4 is 31.3 Å². The van der Waals surface area contributed by atoms with E-state index in [4.69, 9.17) is 4.43 Å². The first-order valence-corrected chi connectivity index (χ1v) is 16.0. The molecule has 4 aromatic rings. The summed E-state index contributed by atoms with van der Waals surface area (Å²) in [6.07, 6.45) is 0. The molecule has 1 atom stereocenters. The Morgan fingerprint density at radius 3 is 1.44 bits per heavy atom. The summed E-state index contributed by atoms with van der Waals surface area (Å²) in [7, 11) is -2.23. The average Bonchev–Trinajstić information content (AvgIpc) is 3.19. The maximum absolute atomic E-state index is 15.0. The zero-order valence-corrected chi connectivity index (χ0v) is 23.0. The van der Waals surface area contributed by atoms with Crippen molar-refractivity contribution in [2.45, 2.75) is 12.8 Å². The maximum atomic E-state index is 15.0. The third kappa shape index (κ3) is 4.32. The van der Waals surface area contributed by atoms with Crippen molar-refractivity contribution in [2.75, 3.05) is 27.2 Å². The van der Waals surface area contributed by atoms with Crippen LogP contribution in [0.1, 0.15) is 17.0 Å². The van der Waals surface area contributed by atoms with Crippen LogP contribution < -0.4 is 15.6 Å². The molecule has 6 heteroatoms. The highest BCUT2D eigenvalue weighted by atomic mass is 31.2. The van der Waals surface area contributed by atoms with Crippen LogP contribution in [0.4, 0.5) is 0 Å². The number of benzene rings is 4. The van der Waals surface area contributed by atoms with Crippen LogP contribution in [0.3, 0.4) is 0 Å². The Bertz CT molecular complexity index is 1220. The van der Waals surface area contributed by atoms with Crippen LogP contribution in [-0.2, 0) is 8.99 Å². The van der Waals surface area contributed by atoms with Gasteiger partial charge in [0.25, 0.3) is 8.32 Å². The fourth-order valence-corrected chi connectivity index (χ4v) is 12.6. The van der Waals surface area contributed by atoms with Crippen molar-refractivity contribution in [1.82, 2.24) is 9.34 Å². The largest absolute Gasteiger partial charge is 0.388 e. The summed E-state index contributed by atoms with van der Waals surface area (Å²) < 4.78 is 26.5. The standard InChI is InChI=1S/C30H33N2O2PSi/c1-25-19-21-26(22-20-25)30(35(33)31(2)23-24-32(35)3)34-36(27-13-7-4-8-14-27,28-15-9-5-10-16-28)29-17-11-6-12-18-29/h4-22,30H,23-24H2,1-3H3. The fourth-order valence-electron chi connectivity index (χ4n) is 5.15. The van der Waals surface area contributed by atoms with E-state index in [1.807, 2.05) is 41.6 Å².